The molecule has 0 aliphatic rings. The molecule has 2 nitrogen and oxygen atoms in total. The highest BCUT2D eigenvalue weighted by atomic mass is 19.3. The van der Waals surface area contributed by atoms with Gasteiger partial charge in [0.2, 0.25) is 0 Å². The van der Waals surface area contributed by atoms with Crippen LogP contribution in [0.15, 0.2) is 18.2 Å². The Kier molecular flexibility index (Phi) is 5.92. The lowest BCUT2D eigenvalue weighted by Crippen LogP contribution is -2.32. The second-order valence-corrected chi connectivity index (χ2v) is 3.86. The maximum absolute atomic E-state index is 13.2. The Labute approximate surface area is 112 Å². The molecular weight excluding hydrogens is 283 g/mol. The van der Waals surface area contributed by atoms with Crippen LogP contribution in [-0.4, -0.2) is 30.7 Å². The second kappa shape index (κ2) is 7.22. The molecule has 0 atom stereocenters. The van der Waals surface area contributed by atoms with Crippen LogP contribution in [0.25, 0.3) is 0 Å². The van der Waals surface area contributed by atoms with Gasteiger partial charge < -0.3 is 9.84 Å². The molecule has 110 valence electrons. The minimum Gasteiger partial charge on any atom is -0.384 e. The van der Waals surface area contributed by atoms with Gasteiger partial charge in [0.05, 0.1) is 6.61 Å². The fourth-order valence-corrected chi connectivity index (χ4v) is 1.32. The first-order valence-electron chi connectivity index (χ1n) is 5.48. The third-order valence-electron chi connectivity index (χ3n) is 2.15. The highest BCUT2D eigenvalue weighted by Gasteiger charge is 2.40. The molecule has 0 radical (unpaired) electrons. The zero-order valence-electron chi connectivity index (χ0n) is 10.2. The van der Waals surface area contributed by atoms with E-state index in [1.54, 1.807) is 0 Å². The molecule has 0 unspecified atom stereocenters. The molecule has 0 saturated heterocycles. The summed E-state index contributed by atoms with van der Waals surface area (Å²) in [4.78, 5) is 0. The quantitative estimate of drug-likeness (QED) is 0.668. The average molecular weight is 294 g/mol. The summed E-state index contributed by atoms with van der Waals surface area (Å²) in [7, 11) is 0. The van der Waals surface area contributed by atoms with E-state index < -0.39 is 38.0 Å². The van der Waals surface area contributed by atoms with Gasteiger partial charge in [-0.2, -0.15) is 8.78 Å². The summed E-state index contributed by atoms with van der Waals surface area (Å²) in [5, 5.41) is 8.50. The molecule has 1 aromatic carbocycles. The van der Waals surface area contributed by atoms with Gasteiger partial charge in [0.1, 0.15) is 19.0 Å². The van der Waals surface area contributed by atoms with Gasteiger partial charge in [-0.25, -0.2) is 13.2 Å². The van der Waals surface area contributed by atoms with E-state index in [0.717, 1.165) is 12.1 Å². The highest BCUT2D eigenvalue weighted by Crippen LogP contribution is 2.23. The Morgan fingerprint density at radius 2 is 1.95 bits per heavy atom. The van der Waals surface area contributed by atoms with Crippen molar-refractivity contribution in [2.24, 2.45) is 0 Å². The number of hydrogen-bond donors (Lipinski definition) is 1. The summed E-state index contributed by atoms with van der Waals surface area (Å²) in [6.45, 7) is -2.32. The predicted molar refractivity (Wildman–Crippen MR) is 61.0 cm³/mol. The minimum absolute atomic E-state index is 0.178. The van der Waals surface area contributed by atoms with E-state index in [9.17, 15) is 22.0 Å². The molecule has 0 aromatic heterocycles. The number of ether oxygens (including phenoxy) is 1. The maximum Gasteiger partial charge on any atom is 0.330 e. The number of alkyl halides is 4. The van der Waals surface area contributed by atoms with E-state index in [2.05, 4.69) is 16.6 Å². The Morgan fingerprint density at radius 1 is 1.25 bits per heavy atom. The van der Waals surface area contributed by atoms with E-state index >= 15 is 0 Å². The van der Waals surface area contributed by atoms with Crippen LogP contribution in [0.4, 0.5) is 22.0 Å². The minimum atomic E-state index is -4.24. The van der Waals surface area contributed by atoms with Crippen molar-refractivity contribution in [2.75, 3.05) is 13.2 Å². The normalized spacial score (nSPS) is 11.3. The number of hydrogen-bond acceptors (Lipinski definition) is 2. The largest absolute Gasteiger partial charge is 0.384 e. The van der Waals surface area contributed by atoms with Gasteiger partial charge in [0.15, 0.2) is 0 Å². The molecule has 0 bridgehead atoms. The fraction of sp³-hybridized carbons (Fsp3) is 0.385. The summed E-state index contributed by atoms with van der Waals surface area (Å²) in [6.07, 6.45) is -3.82. The Balaban J connectivity index is 2.67. The van der Waals surface area contributed by atoms with E-state index in [-0.39, 0.29) is 11.1 Å². The predicted octanol–water partition coefficient (Wildman–Crippen LogP) is 2.59. The average Bonchev–Trinajstić information content (AvgIpc) is 2.35. The lowest BCUT2D eigenvalue weighted by molar-refractivity contribution is -0.168. The fourth-order valence-electron chi connectivity index (χ4n) is 1.32. The van der Waals surface area contributed by atoms with Crippen molar-refractivity contribution in [2.45, 2.75) is 19.0 Å². The Morgan fingerprint density at radius 3 is 2.55 bits per heavy atom. The van der Waals surface area contributed by atoms with Crippen LogP contribution >= 0.6 is 0 Å². The molecule has 0 aliphatic heterocycles. The lowest BCUT2D eigenvalue weighted by Gasteiger charge is -2.15. The van der Waals surface area contributed by atoms with Crippen LogP contribution in [0.1, 0.15) is 11.1 Å². The number of rotatable bonds is 5. The summed E-state index contributed by atoms with van der Waals surface area (Å²) < 4.78 is 66.6. The molecule has 1 N–H and O–H groups in total. The van der Waals surface area contributed by atoms with Crippen molar-refractivity contribution in [3.05, 3.63) is 35.1 Å². The molecule has 0 fully saturated rings. The third kappa shape index (κ3) is 5.15. The first-order valence-corrected chi connectivity index (χ1v) is 5.48. The van der Waals surface area contributed by atoms with E-state index in [0.29, 0.717) is 0 Å². The van der Waals surface area contributed by atoms with Crippen LogP contribution in [0.5, 0.6) is 0 Å². The van der Waals surface area contributed by atoms with Crippen molar-refractivity contribution in [3.8, 4) is 11.8 Å². The van der Waals surface area contributed by atoms with Crippen molar-refractivity contribution < 1.29 is 31.8 Å². The molecule has 0 spiro atoms. The molecule has 0 saturated carbocycles. The Bertz CT molecular complexity index is 505. The molecule has 1 aromatic rings. The van der Waals surface area contributed by atoms with Crippen LogP contribution < -0.4 is 0 Å². The second-order valence-electron chi connectivity index (χ2n) is 3.86. The van der Waals surface area contributed by atoms with Gasteiger partial charge in [-0.3, -0.25) is 0 Å². The SMILES string of the molecule is OCC#Cc1cc(F)cc(COCC(F)(F)C(F)F)c1. The van der Waals surface area contributed by atoms with Gasteiger partial charge in [-0.05, 0) is 23.8 Å². The molecule has 7 heteroatoms. The van der Waals surface area contributed by atoms with Crippen molar-refractivity contribution in [1.29, 1.82) is 0 Å². The number of aliphatic hydroxyl groups excluding tert-OH is 1. The van der Waals surface area contributed by atoms with Crippen LogP contribution in [0.3, 0.4) is 0 Å². The van der Waals surface area contributed by atoms with E-state index in [1.165, 1.54) is 6.07 Å². The first kappa shape index (κ1) is 16.4. The first-order chi connectivity index (χ1) is 9.35. The summed E-state index contributed by atoms with van der Waals surface area (Å²) in [5.74, 6) is -0.186. The Hall–Kier alpha value is -1.65. The monoisotopic (exact) mass is 294 g/mol. The molecule has 20 heavy (non-hydrogen) atoms. The lowest BCUT2D eigenvalue weighted by atomic mass is 10.1. The number of aliphatic hydroxyl groups is 1. The molecular formula is C13H11F5O2. The van der Waals surface area contributed by atoms with Gasteiger partial charge >= 0.3 is 12.3 Å². The molecule has 0 heterocycles. The number of benzene rings is 1. The molecule has 0 aliphatic carbocycles. The zero-order chi connectivity index (χ0) is 15.2. The molecule has 1 rings (SSSR count). The van der Waals surface area contributed by atoms with Gasteiger partial charge in [-0.15, -0.1) is 0 Å². The van der Waals surface area contributed by atoms with Gasteiger partial charge in [-0.1, -0.05) is 11.8 Å². The maximum atomic E-state index is 13.2. The topological polar surface area (TPSA) is 29.5 Å². The van der Waals surface area contributed by atoms with Gasteiger partial charge in [0, 0.05) is 5.56 Å². The third-order valence-corrected chi connectivity index (χ3v) is 2.15. The van der Waals surface area contributed by atoms with E-state index in [1.807, 2.05) is 0 Å². The highest BCUT2D eigenvalue weighted by molar-refractivity contribution is 5.37. The summed E-state index contributed by atoms with van der Waals surface area (Å²) in [6, 6.07) is 3.46. The van der Waals surface area contributed by atoms with Crippen molar-refractivity contribution in [3.63, 3.8) is 0 Å². The van der Waals surface area contributed by atoms with Crippen molar-refractivity contribution >= 4 is 0 Å². The van der Waals surface area contributed by atoms with E-state index in [4.69, 9.17) is 5.11 Å². The van der Waals surface area contributed by atoms with Crippen LogP contribution in [-0.2, 0) is 11.3 Å². The summed E-state index contributed by atoms with van der Waals surface area (Å²) in [5.41, 5.74) is 0.399. The van der Waals surface area contributed by atoms with Gasteiger partial charge in [0.25, 0.3) is 0 Å². The standard InChI is InChI=1S/C13H11F5O2/c14-11-5-9(2-1-3-19)4-10(6-11)7-20-8-13(17,18)12(15)16/h4-6,12,19H,3,7-8H2. The molecule has 0 amide bonds. The summed E-state index contributed by atoms with van der Waals surface area (Å²) >= 11 is 0. The van der Waals surface area contributed by atoms with Crippen molar-refractivity contribution in [1.82, 2.24) is 0 Å². The zero-order valence-corrected chi connectivity index (χ0v) is 10.2. The van der Waals surface area contributed by atoms with Crippen LogP contribution in [0, 0.1) is 17.7 Å². The number of halogens is 5. The smallest absolute Gasteiger partial charge is 0.330 e. The van der Waals surface area contributed by atoms with Crippen LogP contribution in [0.2, 0.25) is 0 Å².